The number of anilines is 1. The van der Waals surface area contributed by atoms with E-state index < -0.39 is 0 Å². The molecule has 0 saturated heterocycles. The highest BCUT2D eigenvalue weighted by molar-refractivity contribution is 5.94. The number of pyridine rings is 1. The zero-order chi connectivity index (χ0) is 14.8. The lowest BCUT2D eigenvalue weighted by Gasteiger charge is -2.17. The van der Waals surface area contributed by atoms with E-state index in [0.717, 1.165) is 11.3 Å². The molecule has 1 N–H and O–H groups in total. The average Bonchev–Trinajstić information content (AvgIpc) is 2.48. The van der Waals surface area contributed by atoms with Gasteiger partial charge in [-0.1, -0.05) is 0 Å². The fourth-order valence-corrected chi connectivity index (χ4v) is 2.23. The summed E-state index contributed by atoms with van der Waals surface area (Å²) in [4.78, 5) is 26.8. The van der Waals surface area contributed by atoms with Gasteiger partial charge in [-0.05, 0) is 43.2 Å². The predicted molar refractivity (Wildman–Crippen MR) is 77.7 cm³/mol. The Balaban J connectivity index is 1.84. The first-order valence-electron chi connectivity index (χ1n) is 6.69. The highest BCUT2D eigenvalue weighted by Crippen LogP contribution is 2.29. The smallest absolute Gasteiger partial charge is 0.224 e. The molecule has 0 unspecified atom stereocenters. The summed E-state index contributed by atoms with van der Waals surface area (Å²) in [5, 5.41) is 2.82. The molecule has 5 heteroatoms. The van der Waals surface area contributed by atoms with Gasteiger partial charge in [-0.25, -0.2) is 4.98 Å². The number of carbonyl (C=O) groups excluding carboxylic acids is 2. The van der Waals surface area contributed by atoms with Crippen LogP contribution in [0.4, 0.5) is 5.69 Å². The second kappa shape index (κ2) is 5.36. The van der Waals surface area contributed by atoms with Crippen LogP contribution >= 0.6 is 0 Å². The van der Waals surface area contributed by atoms with E-state index in [-0.39, 0.29) is 11.7 Å². The van der Waals surface area contributed by atoms with Gasteiger partial charge in [0.05, 0.1) is 0 Å². The number of nitrogens with one attached hydrogen (secondary N) is 1. The van der Waals surface area contributed by atoms with Crippen molar-refractivity contribution in [2.45, 2.75) is 19.8 Å². The number of carbonyl (C=O) groups is 2. The standard InChI is InChI=1S/C16H14N2O3/c1-10(19)11-6-7-17-16(9-11)21-13-3-4-14-12(8-13)2-5-15(20)18-14/h3-4,6-9H,2,5H2,1H3,(H,18,20). The van der Waals surface area contributed by atoms with Crippen LogP contribution in [0.25, 0.3) is 0 Å². The number of Topliss-reactive ketones (excluding diaryl/α,β-unsaturated/α-hetero) is 1. The van der Waals surface area contributed by atoms with Gasteiger partial charge in [-0.2, -0.15) is 0 Å². The van der Waals surface area contributed by atoms with Gasteiger partial charge in [0.1, 0.15) is 5.75 Å². The summed E-state index contributed by atoms with van der Waals surface area (Å²) in [6.45, 7) is 1.50. The molecule has 2 heterocycles. The zero-order valence-electron chi connectivity index (χ0n) is 11.6. The van der Waals surface area contributed by atoms with Gasteiger partial charge in [0.25, 0.3) is 0 Å². The number of hydrogen-bond acceptors (Lipinski definition) is 4. The Morgan fingerprint density at radius 2 is 2.10 bits per heavy atom. The number of hydrogen-bond donors (Lipinski definition) is 1. The lowest BCUT2D eigenvalue weighted by atomic mass is 10.0. The van der Waals surface area contributed by atoms with Gasteiger partial charge in [-0.15, -0.1) is 0 Å². The maximum Gasteiger partial charge on any atom is 0.224 e. The SMILES string of the molecule is CC(=O)c1ccnc(Oc2ccc3c(c2)CCC(=O)N3)c1. The molecule has 2 aromatic rings. The third kappa shape index (κ3) is 2.91. The number of fused-ring (bicyclic) bond motifs is 1. The van der Waals surface area contributed by atoms with Crippen LogP contribution in [0.1, 0.15) is 29.3 Å². The highest BCUT2D eigenvalue weighted by Gasteiger charge is 2.15. The van der Waals surface area contributed by atoms with Crippen molar-refractivity contribution in [1.82, 2.24) is 4.98 Å². The second-order valence-electron chi connectivity index (χ2n) is 4.91. The van der Waals surface area contributed by atoms with Crippen molar-refractivity contribution in [1.29, 1.82) is 0 Å². The second-order valence-corrected chi connectivity index (χ2v) is 4.91. The molecule has 0 aliphatic carbocycles. The van der Waals surface area contributed by atoms with Gasteiger partial charge in [-0.3, -0.25) is 9.59 Å². The molecule has 0 fully saturated rings. The van der Waals surface area contributed by atoms with E-state index in [1.54, 1.807) is 24.4 Å². The first-order valence-corrected chi connectivity index (χ1v) is 6.69. The zero-order valence-corrected chi connectivity index (χ0v) is 11.6. The van der Waals surface area contributed by atoms with Crippen LogP contribution < -0.4 is 10.1 Å². The van der Waals surface area contributed by atoms with E-state index in [0.29, 0.717) is 30.0 Å². The van der Waals surface area contributed by atoms with Crippen LogP contribution in [0.5, 0.6) is 11.6 Å². The Hall–Kier alpha value is -2.69. The largest absolute Gasteiger partial charge is 0.439 e. The van der Waals surface area contributed by atoms with Crippen molar-refractivity contribution in [3.8, 4) is 11.6 Å². The van der Waals surface area contributed by atoms with Crippen molar-refractivity contribution >= 4 is 17.4 Å². The lowest BCUT2D eigenvalue weighted by molar-refractivity contribution is -0.116. The minimum absolute atomic E-state index is 0.0320. The quantitative estimate of drug-likeness (QED) is 0.879. The van der Waals surface area contributed by atoms with Crippen LogP contribution in [0, 0.1) is 0 Å². The van der Waals surface area contributed by atoms with E-state index >= 15 is 0 Å². The summed E-state index contributed by atoms with van der Waals surface area (Å²) in [6, 6.07) is 8.74. The molecular formula is C16H14N2O3. The van der Waals surface area contributed by atoms with Crippen LogP contribution in [0.2, 0.25) is 0 Å². The number of nitrogens with zero attached hydrogens (tertiary/aromatic N) is 1. The number of aromatic nitrogens is 1. The molecule has 0 bridgehead atoms. The highest BCUT2D eigenvalue weighted by atomic mass is 16.5. The topological polar surface area (TPSA) is 68.3 Å². The first-order chi connectivity index (χ1) is 10.1. The van der Waals surface area contributed by atoms with Gasteiger partial charge in [0.2, 0.25) is 11.8 Å². The summed E-state index contributed by atoms with van der Waals surface area (Å²) in [6.07, 6.45) is 2.72. The number of amides is 1. The average molecular weight is 282 g/mol. The summed E-state index contributed by atoms with van der Waals surface area (Å²) in [7, 11) is 0. The first kappa shape index (κ1) is 13.3. The molecule has 5 nitrogen and oxygen atoms in total. The Morgan fingerprint density at radius 1 is 1.24 bits per heavy atom. The fraction of sp³-hybridized carbons (Fsp3) is 0.188. The maximum atomic E-state index is 11.3. The van der Waals surface area contributed by atoms with E-state index in [9.17, 15) is 9.59 Å². The van der Waals surface area contributed by atoms with Crippen LogP contribution in [-0.4, -0.2) is 16.7 Å². The third-order valence-electron chi connectivity index (χ3n) is 3.34. The molecule has 0 radical (unpaired) electrons. The van der Waals surface area contributed by atoms with Crippen LogP contribution in [0.3, 0.4) is 0 Å². The summed E-state index contributed by atoms with van der Waals surface area (Å²) >= 11 is 0. The molecule has 21 heavy (non-hydrogen) atoms. The Kier molecular flexibility index (Phi) is 3.39. The van der Waals surface area contributed by atoms with Crippen molar-refractivity contribution in [2.75, 3.05) is 5.32 Å². The third-order valence-corrected chi connectivity index (χ3v) is 3.34. The van der Waals surface area contributed by atoms with Crippen LogP contribution in [0.15, 0.2) is 36.5 Å². The minimum atomic E-state index is -0.0320. The van der Waals surface area contributed by atoms with Crippen molar-refractivity contribution in [2.24, 2.45) is 0 Å². The Bertz CT molecular complexity index is 725. The Morgan fingerprint density at radius 3 is 2.90 bits per heavy atom. The van der Waals surface area contributed by atoms with Gasteiger partial charge in [0, 0.05) is 29.9 Å². The summed E-state index contributed by atoms with van der Waals surface area (Å²) in [5.41, 5.74) is 2.42. The maximum absolute atomic E-state index is 11.3. The van der Waals surface area contributed by atoms with E-state index in [1.807, 2.05) is 12.1 Å². The van der Waals surface area contributed by atoms with Crippen molar-refractivity contribution < 1.29 is 14.3 Å². The predicted octanol–water partition coefficient (Wildman–Crippen LogP) is 2.96. The minimum Gasteiger partial charge on any atom is -0.439 e. The number of ketones is 1. The molecule has 0 saturated carbocycles. The number of ether oxygens (including phenoxy) is 1. The van der Waals surface area contributed by atoms with Crippen LogP contribution in [-0.2, 0) is 11.2 Å². The fourth-order valence-electron chi connectivity index (χ4n) is 2.23. The van der Waals surface area contributed by atoms with E-state index in [4.69, 9.17) is 4.74 Å². The van der Waals surface area contributed by atoms with Gasteiger partial charge in [0.15, 0.2) is 5.78 Å². The normalized spacial score (nSPS) is 13.3. The molecule has 0 spiro atoms. The van der Waals surface area contributed by atoms with Gasteiger partial charge >= 0.3 is 0 Å². The molecule has 106 valence electrons. The molecule has 1 aliphatic heterocycles. The molecule has 1 amide bonds. The number of aryl methyl sites for hydroxylation is 1. The summed E-state index contributed by atoms with van der Waals surface area (Å²) < 4.78 is 5.69. The molecule has 1 aromatic heterocycles. The van der Waals surface area contributed by atoms with Crippen molar-refractivity contribution in [3.63, 3.8) is 0 Å². The summed E-state index contributed by atoms with van der Waals surface area (Å²) in [5.74, 6) is 1.02. The monoisotopic (exact) mass is 282 g/mol. The van der Waals surface area contributed by atoms with Gasteiger partial charge < -0.3 is 10.1 Å². The molecule has 3 rings (SSSR count). The van der Waals surface area contributed by atoms with E-state index in [1.165, 1.54) is 6.92 Å². The molecule has 0 atom stereocenters. The van der Waals surface area contributed by atoms with E-state index in [2.05, 4.69) is 10.3 Å². The molecule has 1 aromatic carbocycles. The van der Waals surface area contributed by atoms with Crippen molar-refractivity contribution in [3.05, 3.63) is 47.7 Å². The Labute approximate surface area is 122 Å². The number of rotatable bonds is 3. The lowest BCUT2D eigenvalue weighted by Crippen LogP contribution is -2.18. The number of benzene rings is 1. The molecule has 1 aliphatic rings. The molecular weight excluding hydrogens is 268 g/mol.